The third kappa shape index (κ3) is 5.43. The molecule has 1 fully saturated rings. The molecule has 4 aromatic heterocycles. The highest BCUT2D eigenvalue weighted by Gasteiger charge is 2.21. The maximum atomic E-state index is 13.6. The molecule has 11 heteroatoms. The summed E-state index contributed by atoms with van der Waals surface area (Å²) in [6.07, 6.45) is 5.05. The summed E-state index contributed by atoms with van der Waals surface area (Å²) in [6.45, 7) is 4.53. The van der Waals surface area contributed by atoms with Crippen molar-refractivity contribution in [3.63, 3.8) is 0 Å². The lowest BCUT2D eigenvalue weighted by Gasteiger charge is -2.34. The van der Waals surface area contributed by atoms with E-state index in [-0.39, 0.29) is 11.8 Å². The highest BCUT2D eigenvalue weighted by molar-refractivity contribution is 5.94. The largest absolute Gasteiger partial charge is 0.492 e. The number of hydrogen-bond acceptors (Lipinski definition) is 8. The van der Waals surface area contributed by atoms with Gasteiger partial charge in [0, 0.05) is 67.1 Å². The van der Waals surface area contributed by atoms with Crippen molar-refractivity contribution >= 4 is 17.2 Å². The van der Waals surface area contributed by atoms with Gasteiger partial charge in [-0.25, -0.2) is 9.50 Å². The number of carbonyl (C=O) groups is 1. The van der Waals surface area contributed by atoms with Crippen molar-refractivity contribution in [2.24, 2.45) is 0 Å². The molecule has 5 heterocycles. The summed E-state index contributed by atoms with van der Waals surface area (Å²) in [6, 6.07) is 10.6. The first kappa shape index (κ1) is 25.5. The van der Waals surface area contributed by atoms with E-state index in [2.05, 4.69) is 37.9 Å². The van der Waals surface area contributed by atoms with Crippen LogP contribution in [-0.2, 0) is 4.79 Å². The molecule has 0 spiro atoms. The van der Waals surface area contributed by atoms with Gasteiger partial charge in [-0.2, -0.15) is 19.7 Å². The van der Waals surface area contributed by atoms with E-state index in [0.29, 0.717) is 55.2 Å². The second-order valence-electron chi connectivity index (χ2n) is 8.64. The molecule has 1 aliphatic heterocycles. The van der Waals surface area contributed by atoms with E-state index >= 15 is 0 Å². The van der Waals surface area contributed by atoms with Crippen LogP contribution in [0.2, 0.25) is 0 Å². The number of hydrogen-bond donors (Lipinski definition) is 0. The van der Waals surface area contributed by atoms with Gasteiger partial charge in [0.25, 0.3) is 5.91 Å². The molecule has 0 bridgehead atoms. The number of methoxy groups -OCH3 is 1. The predicted octanol–water partition coefficient (Wildman–Crippen LogP) is 2.91. The number of ether oxygens (including phenoxy) is 2. The summed E-state index contributed by atoms with van der Waals surface area (Å²) in [4.78, 5) is 24.6. The molecule has 4 aromatic rings. The molecular formula is C28H24FN7O3. The molecule has 1 saturated heterocycles. The Balaban J connectivity index is 1.28. The lowest BCUT2D eigenvalue weighted by atomic mass is 10.1. The van der Waals surface area contributed by atoms with Crippen molar-refractivity contribution in [2.45, 2.75) is 6.92 Å². The van der Waals surface area contributed by atoms with Crippen LogP contribution >= 0.6 is 0 Å². The smallest absolute Gasteiger partial charge is 0.298 e. The van der Waals surface area contributed by atoms with Gasteiger partial charge in [-0.15, -0.1) is 0 Å². The van der Waals surface area contributed by atoms with E-state index < -0.39 is 5.95 Å². The van der Waals surface area contributed by atoms with Crippen LogP contribution < -0.4 is 14.4 Å². The van der Waals surface area contributed by atoms with Crippen LogP contribution in [0.1, 0.15) is 18.1 Å². The molecule has 1 aliphatic rings. The van der Waals surface area contributed by atoms with Gasteiger partial charge in [0.15, 0.2) is 0 Å². The summed E-state index contributed by atoms with van der Waals surface area (Å²) in [7, 11) is 1.38. The fraction of sp³-hybridized carbons (Fsp3) is 0.250. The van der Waals surface area contributed by atoms with Crippen molar-refractivity contribution in [3.05, 3.63) is 66.0 Å². The number of aromatic nitrogens is 4. The zero-order valence-electron chi connectivity index (χ0n) is 21.4. The van der Waals surface area contributed by atoms with E-state index in [1.165, 1.54) is 19.4 Å². The molecule has 39 heavy (non-hydrogen) atoms. The zero-order valence-corrected chi connectivity index (χ0v) is 21.4. The van der Waals surface area contributed by atoms with Crippen LogP contribution in [0.15, 0.2) is 48.9 Å². The number of amides is 1. The monoisotopic (exact) mass is 525 g/mol. The lowest BCUT2D eigenvalue weighted by molar-refractivity contribution is -0.125. The highest BCUT2D eigenvalue weighted by Crippen LogP contribution is 2.31. The van der Waals surface area contributed by atoms with Crippen molar-refractivity contribution in [2.75, 3.05) is 44.8 Å². The molecule has 5 rings (SSSR count). The molecule has 0 aliphatic carbocycles. The zero-order chi connectivity index (χ0) is 27.4. The first-order valence-corrected chi connectivity index (χ1v) is 12.3. The van der Waals surface area contributed by atoms with Crippen LogP contribution in [0.5, 0.6) is 11.6 Å². The van der Waals surface area contributed by atoms with E-state index in [4.69, 9.17) is 9.47 Å². The van der Waals surface area contributed by atoms with Crippen molar-refractivity contribution in [3.8, 4) is 40.7 Å². The third-order valence-electron chi connectivity index (χ3n) is 6.26. The van der Waals surface area contributed by atoms with Crippen molar-refractivity contribution in [1.82, 2.24) is 24.5 Å². The normalized spacial score (nSPS) is 13.0. The fourth-order valence-corrected chi connectivity index (χ4v) is 4.37. The minimum atomic E-state index is -0.722. The summed E-state index contributed by atoms with van der Waals surface area (Å²) < 4.78 is 25.8. The molecule has 0 saturated carbocycles. The number of fused-ring (bicyclic) bond motifs is 1. The van der Waals surface area contributed by atoms with Gasteiger partial charge in [-0.1, -0.05) is 5.92 Å². The van der Waals surface area contributed by atoms with Crippen LogP contribution in [0.25, 0.3) is 16.6 Å². The van der Waals surface area contributed by atoms with Crippen LogP contribution in [0, 0.1) is 29.1 Å². The summed E-state index contributed by atoms with van der Waals surface area (Å²) in [5, 5.41) is 13.8. The SMILES string of the molecule is CCOc1cc(-c2ccc(N3CCN(C(=O)C#Cc4cc(F)nc(OC)c4)CC3)nc2)c2c(C#N)cnn2c1. The van der Waals surface area contributed by atoms with Gasteiger partial charge in [0.05, 0.1) is 37.2 Å². The topological polar surface area (TPSA) is 109 Å². The van der Waals surface area contributed by atoms with E-state index in [0.717, 1.165) is 23.0 Å². The molecule has 10 nitrogen and oxygen atoms in total. The molecule has 1 amide bonds. The third-order valence-corrected chi connectivity index (χ3v) is 6.26. The fourth-order valence-electron chi connectivity index (χ4n) is 4.37. The average Bonchev–Trinajstić information content (AvgIpc) is 3.38. The van der Waals surface area contributed by atoms with E-state index in [1.807, 2.05) is 25.1 Å². The predicted molar refractivity (Wildman–Crippen MR) is 141 cm³/mol. The van der Waals surface area contributed by atoms with E-state index in [1.54, 1.807) is 21.8 Å². The number of piperazine rings is 1. The van der Waals surface area contributed by atoms with E-state index in [9.17, 15) is 14.4 Å². The number of pyridine rings is 3. The Labute approximate surface area is 224 Å². The molecule has 0 unspecified atom stereocenters. The maximum Gasteiger partial charge on any atom is 0.298 e. The van der Waals surface area contributed by atoms with Gasteiger partial charge < -0.3 is 19.3 Å². The minimum Gasteiger partial charge on any atom is -0.492 e. The number of carbonyl (C=O) groups excluding carboxylic acids is 1. The summed E-state index contributed by atoms with van der Waals surface area (Å²) in [5.41, 5.74) is 3.11. The Bertz CT molecular complexity index is 1630. The quantitative estimate of drug-likeness (QED) is 0.289. The Morgan fingerprint density at radius 1 is 1.15 bits per heavy atom. The minimum absolute atomic E-state index is 0.0981. The molecule has 0 atom stereocenters. The standard InChI is InChI=1S/C28H24FN7O3/c1-3-39-22-14-23(28-21(15-30)17-32-36(28)18-22)20-5-6-25(31-16-20)34-8-10-35(11-9-34)27(37)7-4-19-12-24(29)33-26(13-19)38-2/h5-6,12-14,16-18H,3,8-11H2,1-2H3. The Kier molecular flexibility index (Phi) is 7.23. The van der Waals surface area contributed by atoms with Gasteiger partial charge in [-0.3, -0.25) is 4.79 Å². The van der Waals surface area contributed by atoms with Crippen molar-refractivity contribution < 1.29 is 18.7 Å². The number of nitriles is 1. The van der Waals surface area contributed by atoms with Gasteiger partial charge in [0.1, 0.15) is 17.6 Å². The Morgan fingerprint density at radius 2 is 1.97 bits per heavy atom. The number of halogens is 1. The number of anilines is 1. The molecular weight excluding hydrogens is 501 g/mol. The summed E-state index contributed by atoms with van der Waals surface area (Å²) in [5.74, 6) is 5.74. The first-order valence-electron chi connectivity index (χ1n) is 12.3. The van der Waals surface area contributed by atoms with Crippen LogP contribution in [0.4, 0.5) is 10.2 Å². The highest BCUT2D eigenvalue weighted by atomic mass is 19.1. The maximum absolute atomic E-state index is 13.6. The number of rotatable bonds is 5. The average molecular weight is 526 g/mol. The molecule has 196 valence electrons. The van der Waals surface area contributed by atoms with Crippen LogP contribution in [0.3, 0.4) is 0 Å². The molecule has 0 radical (unpaired) electrons. The van der Waals surface area contributed by atoms with Gasteiger partial charge in [-0.05, 0) is 25.1 Å². The number of nitrogens with zero attached hydrogens (tertiary/aromatic N) is 7. The first-order chi connectivity index (χ1) is 19.0. The Hall–Kier alpha value is -5.16. The lowest BCUT2D eigenvalue weighted by Crippen LogP contribution is -2.48. The molecule has 0 aromatic carbocycles. The van der Waals surface area contributed by atoms with Crippen LogP contribution in [-0.4, -0.2) is 70.3 Å². The molecule has 0 N–H and O–H groups in total. The van der Waals surface area contributed by atoms with Gasteiger partial charge in [0.2, 0.25) is 11.8 Å². The van der Waals surface area contributed by atoms with Crippen molar-refractivity contribution in [1.29, 1.82) is 5.26 Å². The second-order valence-corrected chi connectivity index (χ2v) is 8.64. The van der Waals surface area contributed by atoms with Gasteiger partial charge >= 0.3 is 0 Å². The second kappa shape index (κ2) is 11.1. The Morgan fingerprint density at radius 3 is 2.67 bits per heavy atom. The summed E-state index contributed by atoms with van der Waals surface area (Å²) >= 11 is 0.